The third-order valence-electron chi connectivity index (χ3n) is 7.32. The van der Waals surface area contributed by atoms with Crippen LogP contribution in [0.4, 0.5) is 5.69 Å². The largest absolute Gasteiger partial charge is 0.507 e. The van der Waals surface area contributed by atoms with E-state index in [4.69, 9.17) is 0 Å². The van der Waals surface area contributed by atoms with E-state index >= 15 is 0 Å². The molecule has 3 rings (SSSR count). The number of hydrogen-bond acceptors (Lipinski definition) is 8. The monoisotopic (exact) mass is 552 g/mol. The summed E-state index contributed by atoms with van der Waals surface area (Å²) >= 11 is 0. The van der Waals surface area contributed by atoms with Crippen molar-refractivity contribution < 1.29 is 30.0 Å². The lowest BCUT2D eigenvalue weighted by Crippen LogP contribution is -2.27. The standard InChI is InChI=1S/C32H44N2O6/c1-3-5-7-9-11-13-15-33-21-17-23(35)27(24(36)18-21)29-31(39)30(32(29)40)28-25(37)19-22(20-26(28)38)34-16-14-12-10-8-6-4-2/h17-20,33-37,39H,3-16H2,1-2H3. The molecule has 2 aliphatic rings. The van der Waals surface area contributed by atoms with E-state index < -0.39 is 23.1 Å². The molecule has 0 spiro atoms. The second kappa shape index (κ2) is 15.2. The number of carbonyl (C=O) groups excluding carboxylic acids is 2. The van der Waals surface area contributed by atoms with Gasteiger partial charge in [0.15, 0.2) is 5.78 Å². The lowest BCUT2D eigenvalue weighted by atomic mass is 9.78. The molecule has 40 heavy (non-hydrogen) atoms. The van der Waals surface area contributed by atoms with Crippen molar-refractivity contribution in [3.63, 3.8) is 0 Å². The molecule has 6 N–H and O–H groups in total. The van der Waals surface area contributed by atoms with Crippen LogP contribution in [0.15, 0.2) is 52.6 Å². The Bertz CT molecular complexity index is 1180. The summed E-state index contributed by atoms with van der Waals surface area (Å²) in [5.74, 6) is -3.07. The highest BCUT2D eigenvalue weighted by atomic mass is 16.3. The molecule has 0 heterocycles. The first-order chi connectivity index (χ1) is 19.3. The van der Waals surface area contributed by atoms with Gasteiger partial charge in [-0.05, 0) is 12.8 Å². The average molecular weight is 553 g/mol. The van der Waals surface area contributed by atoms with Crippen molar-refractivity contribution in [2.75, 3.05) is 18.4 Å². The Labute approximate surface area is 237 Å². The molecular formula is C32H44N2O6. The van der Waals surface area contributed by atoms with E-state index in [-0.39, 0.29) is 33.8 Å². The molecular weight excluding hydrogens is 508 g/mol. The minimum atomic E-state index is -0.740. The summed E-state index contributed by atoms with van der Waals surface area (Å²) in [4.78, 5) is 25.8. The molecule has 0 unspecified atom stereocenters. The molecule has 8 heteroatoms. The smallest absolute Gasteiger partial charge is 0.202 e. The van der Waals surface area contributed by atoms with Gasteiger partial charge in [-0.3, -0.25) is 9.59 Å². The quantitative estimate of drug-likeness (QED) is 0.0908. The van der Waals surface area contributed by atoms with Crippen LogP contribution in [0.2, 0.25) is 0 Å². The second-order valence-electron chi connectivity index (χ2n) is 10.6. The number of phenols is 2. The van der Waals surface area contributed by atoms with Crippen molar-refractivity contribution in [2.24, 2.45) is 0 Å². The van der Waals surface area contributed by atoms with Gasteiger partial charge in [-0.15, -0.1) is 0 Å². The molecule has 0 aliphatic heterocycles. The highest BCUT2D eigenvalue weighted by Gasteiger charge is 2.42. The van der Waals surface area contributed by atoms with E-state index in [1.807, 2.05) is 0 Å². The molecule has 1 aromatic carbocycles. The zero-order valence-electron chi connectivity index (χ0n) is 23.8. The molecule has 0 saturated heterocycles. The van der Waals surface area contributed by atoms with Gasteiger partial charge in [0.05, 0.1) is 22.3 Å². The van der Waals surface area contributed by atoms with Crippen LogP contribution in [-0.4, -0.2) is 45.1 Å². The molecule has 0 fully saturated rings. The van der Waals surface area contributed by atoms with Gasteiger partial charge in [-0.2, -0.15) is 0 Å². The maximum absolute atomic E-state index is 13.0. The number of phenolic OH excluding ortho intramolecular Hbond substituents is 2. The topological polar surface area (TPSA) is 139 Å². The predicted octanol–water partition coefficient (Wildman–Crippen LogP) is 6.88. The molecule has 0 atom stereocenters. The molecule has 218 valence electrons. The fraction of sp³-hybridized carbons (Fsp3) is 0.500. The number of Topliss-reactive ketones (excluding diaryl/α,β-unsaturated/α-hetero) is 1. The van der Waals surface area contributed by atoms with Crippen LogP contribution in [0.5, 0.6) is 11.5 Å². The number of aliphatic hydroxyl groups is 2. The second-order valence-corrected chi connectivity index (χ2v) is 10.6. The zero-order chi connectivity index (χ0) is 29.1. The molecule has 8 nitrogen and oxygen atoms in total. The Hall–Kier alpha value is -3.68. The molecule has 0 saturated carbocycles. The van der Waals surface area contributed by atoms with Gasteiger partial charge < -0.3 is 31.1 Å². The average Bonchev–Trinajstić information content (AvgIpc) is 2.91. The number of carbonyl (C=O) groups is 2. The fourth-order valence-corrected chi connectivity index (χ4v) is 5.07. The number of rotatable bonds is 17. The molecule has 1 aromatic rings. The van der Waals surface area contributed by atoms with Crippen molar-refractivity contribution in [3.8, 4) is 11.5 Å². The lowest BCUT2D eigenvalue weighted by molar-refractivity contribution is -0.114. The van der Waals surface area contributed by atoms with Crippen molar-refractivity contribution in [1.29, 1.82) is 0 Å². The number of nitrogens with one attached hydrogen (secondary N) is 2. The number of ketones is 2. The van der Waals surface area contributed by atoms with Gasteiger partial charge in [0.2, 0.25) is 5.78 Å². The van der Waals surface area contributed by atoms with Crippen LogP contribution in [0.1, 0.15) is 96.5 Å². The Balaban J connectivity index is 1.65. The highest BCUT2D eigenvalue weighted by molar-refractivity contribution is 6.42. The molecule has 0 bridgehead atoms. The summed E-state index contributed by atoms with van der Waals surface area (Å²) in [5.41, 5.74) is -0.198. The number of anilines is 1. The van der Waals surface area contributed by atoms with Crippen molar-refractivity contribution >= 4 is 22.8 Å². The van der Waals surface area contributed by atoms with E-state index in [9.17, 15) is 30.0 Å². The van der Waals surface area contributed by atoms with E-state index in [1.165, 1.54) is 69.2 Å². The van der Waals surface area contributed by atoms with Crippen molar-refractivity contribution in [1.82, 2.24) is 5.32 Å². The highest BCUT2D eigenvalue weighted by Crippen LogP contribution is 2.46. The zero-order valence-corrected chi connectivity index (χ0v) is 23.8. The number of aromatic hydroxyl groups is 2. The van der Waals surface area contributed by atoms with Crippen LogP contribution in [0.3, 0.4) is 0 Å². The van der Waals surface area contributed by atoms with Crippen LogP contribution in [-0.2, 0) is 9.59 Å². The van der Waals surface area contributed by atoms with Gasteiger partial charge in [-0.1, -0.05) is 78.1 Å². The molecule has 2 aliphatic carbocycles. The minimum absolute atomic E-state index is 0.208. The number of benzene rings is 1. The van der Waals surface area contributed by atoms with Gasteiger partial charge in [0.25, 0.3) is 0 Å². The maximum atomic E-state index is 13.0. The molecule has 0 radical (unpaired) electrons. The minimum Gasteiger partial charge on any atom is -0.507 e. The molecule has 0 amide bonds. The van der Waals surface area contributed by atoms with Crippen molar-refractivity contribution in [2.45, 2.75) is 90.9 Å². The number of aliphatic hydroxyl groups excluding tert-OH is 2. The predicted molar refractivity (Wildman–Crippen MR) is 158 cm³/mol. The first-order valence-electron chi connectivity index (χ1n) is 14.7. The van der Waals surface area contributed by atoms with E-state index in [2.05, 4.69) is 24.5 Å². The van der Waals surface area contributed by atoms with Crippen LogP contribution >= 0.6 is 0 Å². The third-order valence-corrected chi connectivity index (χ3v) is 7.32. The first-order valence-corrected chi connectivity index (χ1v) is 14.7. The number of unbranched alkanes of at least 4 members (excludes halogenated alkanes) is 10. The molecule has 0 aromatic heterocycles. The first kappa shape index (κ1) is 30.9. The Kier molecular flexibility index (Phi) is 11.7. The van der Waals surface area contributed by atoms with E-state index in [0.717, 1.165) is 32.1 Å². The van der Waals surface area contributed by atoms with Crippen molar-refractivity contribution in [3.05, 3.63) is 58.2 Å². The number of hydrogen-bond donors (Lipinski definition) is 6. The van der Waals surface area contributed by atoms with Crippen LogP contribution in [0.25, 0.3) is 5.57 Å². The van der Waals surface area contributed by atoms with Crippen LogP contribution < -0.4 is 10.6 Å². The maximum Gasteiger partial charge on any atom is 0.202 e. The summed E-state index contributed by atoms with van der Waals surface area (Å²) < 4.78 is 0. The third kappa shape index (κ3) is 7.71. The van der Waals surface area contributed by atoms with E-state index in [1.54, 1.807) is 0 Å². The van der Waals surface area contributed by atoms with E-state index in [0.29, 0.717) is 24.5 Å². The van der Waals surface area contributed by atoms with Gasteiger partial charge in [0, 0.05) is 48.8 Å². The Morgan fingerprint density at radius 2 is 1.15 bits per heavy atom. The summed E-state index contributed by atoms with van der Waals surface area (Å²) in [7, 11) is 0. The van der Waals surface area contributed by atoms with Gasteiger partial charge >= 0.3 is 0 Å². The Morgan fingerprint density at radius 3 is 1.68 bits per heavy atom. The summed E-state index contributed by atoms with van der Waals surface area (Å²) in [6, 6.07) is 2.77. The summed E-state index contributed by atoms with van der Waals surface area (Å²) in [5, 5.41) is 48.7. The fourth-order valence-electron chi connectivity index (χ4n) is 5.07. The van der Waals surface area contributed by atoms with Gasteiger partial charge in [-0.25, -0.2) is 0 Å². The SMILES string of the molecule is CCCCCCCCNC1=CC(=O)C(=C2C(=O)C(c3c(O)cc(NCCCCCCCC)cc3O)=C2O)C(O)=C1. The Morgan fingerprint density at radius 1 is 0.625 bits per heavy atom. The van der Waals surface area contributed by atoms with Gasteiger partial charge in [0.1, 0.15) is 23.0 Å². The van der Waals surface area contributed by atoms with Crippen LogP contribution in [0, 0.1) is 0 Å². The lowest BCUT2D eigenvalue weighted by Gasteiger charge is -2.26. The summed E-state index contributed by atoms with van der Waals surface area (Å²) in [6.45, 7) is 5.67. The normalized spacial score (nSPS) is 17.1. The summed E-state index contributed by atoms with van der Waals surface area (Å²) in [6.07, 6.45) is 16.3. The number of allylic oxidation sites excluding steroid dienone is 5.